The third-order valence-corrected chi connectivity index (χ3v) is 2.74. The van der Waals surface area contributed by atoms with Crippen LogP contribution in [-0.4, -0.2) is 51.4 Å². The van der Waals surface area contributed by atoms with Crippen molar-refractivity contribution in [1.29, 1.82) is 0 Å². The standard InChI is InChI=1S/C15H25NO5/c1-3-20-14-6-4-5-12(9-16)15(14)21-11-13(17)10-19-8-7-18-2/h4-6,13,17H,3,7-11,16H2,1-2H3. The van der Waals surface area contributed by atoms with Gasteiger partial charge in [-0.3, -0.25) is 0 Å². The Morgan fingerprint density at radius 3 is 2.67 bits per heavy atom. The van der Waals surface area contributed by atoms with E-state index >= 15 is 0 Å². The van der Waals surface area contributed by atoms with Gasteiger partial charge in [0.15, 0.2) is 11.5 Å². The van der Waals surface area contributed by atoms with E-state index in [1.807, 2.05) is 25.1 Å². The van der Waals surface area contributed by atoms with Crippen LogP contribution in [0.15, 0.2) is 18.2 Å². The topological polar surface area (TPSA) is 83.2 Å². The van der Waals surface area contributed by atoms with Gasteiger partial charge in [0.1, 0.15) is 12.7 Å². The summed E-state index contributed by atoms with van der Waals surface area (Å²) in [6.07, 6.45) is -0.720. The zero-order valence-electron chi connectivity index (χ0n) is 12.7. The maximum absolute atomic E-state index is 9.83. The van der Waals surface area contributed by atoms with Crippen LogP contribution >= 0.6 is 0 Å². The summed E-state index contributed by atoms with van der Waals surface area (Å²) in [5.74, 6) is 1.21. The molecule has 1 aromatic carbocycles. The first-order chi connectivity index (χ1) is 10.2. The van der Waals surface area contributed by atoms with E-state index < -0.39 is 6.10 Å². The number of aliphatic hydroxyl groups is 1. The number of benzene rings is 1. The van der Waals surface area contributed by atoms with Crippen molar-refractivity contribution in [2.45, 2.75) is 19.6 Å². The van der Waals surface area contributed by atoms with Gasteiger partial charge in [-0.2, -0.15) is 0 Å². The van der Waals surface area contributed by atoms with Crippen molar-refractivity contribution in [3.8, 4) is 11.5 Å². The summed E-state index contributed by atoms with van der Waals surface area (Å²) in [7, 11) is 1.60. The number of hydrogen-bond donors (Lipinski definition) is 2. The van der Waals surface area contributed by atoms with E-state index in [9.17, 15) is 5.11 Å². The molecule has 0 bridgehead atoms. The molecule has 120 valence electrons. The smallest absolute Gasteiger partial charge is 0.165 e. The van der Waals surface area contributed by atoms with Crippen LogP contribution in [0.4, 0.5) is 0 Å². The Morgan fingerprint density at radius 1 is 1.19 bits per heavy atom. The van der Waals surface area contributed by atoms with Crippen molar-refractivity contribution >= 4 is 0 Å². The molecule has 0 saturated carbocycles. The van der Waals surface area contributed by atoms with E-state index in [0.29, 0.717) is 37.9 Å². The molecule has 1 rings (SSSR count). The SMILES string of the molecule is CCOc1cccc(CN)c1OCC(O)COCCOC. The lowest BCUT2D eigenvalue weighted by atomic mass is 10.2. The van der Waals surface area contributed by atoms with Crippen molar-refractivity contribution in [3.05, 3.63) is 23.8 Å². The lowest BCUT2D eigenvalue weighted by molar-refractivity contribution is -0.00468. The van der Waals surface area contributed by atoms with Crippen molar-refractivity contribution < 1.29 is 24.1 Å². The van der Waals surface area contributed by atoms with Gasteiger partial charge in [0.2, 0.25) is 0 Å². The highest BCUT2D eigenvalue weighted by molar-refractivity contribution is 5.46. The molecule has 1 atom stereocenters. The van der Waals surface area contributed by atoms with E-state index in [4.69, 9.17) is 24.7 Å². The van der Waals surface area contributed by atoms with Crippen molar-refractivity contribution in [2.24, 2.45) is 5.73 Å². The van der Waals surface area contributed by atoms with Crippen LogP contribution in [-0.2, 0) is 16.0 Å². The number of methoxy groups -OCH3 is 1. The maximum atomic E-state index is 9.83. The Bertz CT molecular complexity index is 400. The molecule has 0 saturated heterocycles. The number of rotatable bonds is 11. The molecular weight excluding hydrogens is 274 g/mol. The lowest BCUT2D eigenvalue weighted by Crippen LogP contribution is -2.25. The van der Waals surface area contributed by atoms with Crippen LogP contribution in [0.2, 0.25) is 0 Å². The first-order valence-corrected chi connectivity index (χ1v) is 7.05. The fraction of sp³-hybridized carbons (Fsp3) is 0.600. The molecule has 0 amide bonds. The molecular formula is C15H25NO5. The lowest BCUT2D eigenvalue weighted by Gasteiger charge is -2.17. The van der Waals surface area contributed by atoms with E-state index in [1.54, 1.807) is 7.11 Å². The first kappa shape index (κ1) is 17.7. The predicted octanol–water partition coefficient (Wildman–Crippen LogP) is 0.947. The van der Waals surface area contributed by atoms with Crippen molar-refractivity contribution in [2.75, 3.05) is 40.1 Å². The predicted molar refractivity (Wildman–Crippen MR) is 79.7 cm³/mol. The third-order valence-electron chi connectivity index (χ3n) is 2.74. The minimum absolute atomic E-state index is 0.115. The zero-order valence-corrected chi connectivity index (χ0v) is 12.7. The molecule has 0 aromatic heterocycles. The number of aliphatic hydroxyl groups excluding tert-OH is 1. The van der Waals surface area contributed by atoms with Gasteiger partial charge >= 0.3 is 0 Å². The number of ether oxygens (including phenoxy) is 4. The van der Waals surface area contributed by atoms with Gasteiger partial charge < -0.3 is 29.8 Å². The monoisotopic (exact) mass is 299 g/mol. The van der Waals surface area contributed by atoms with Crippen LogP contribution < -0.4 is 15.2 Å². The highest BCUT2D eigenvalue weighted by atomic mass is 16.5. The fourth-order valence-electron chi connectivity index (χ4n) is 1.74. The average Bonchev–Trinajstić information content (AvgIpc) is 2.50. The molecule has 0 aliphatic rings. The van der Waals surface area contributed by atoms with Crippen LogP contribution in [0.5, 0.6) is 11.5 Å². The highest BCUT2D eigenvalue weighted by Crippen LogP contribution is 2.31. The summed E-state index contributed by atoms with van der Waals surface area (Å²) in [6, 6.07) is 5.56. The summed E-state index contributed by atoms with van der Waals surface area (Å²) in [5, 5.41) is 9.83. The molecule has 0 aliphatic carbocycles. The minimum atomic E-state index is -0.720. The largest absolute Gasteiger partial charge is 0.490 e. The molecule has 0 fully saturated rings. The van der Waals surface area contributed by atoms with Gasteiger partial charge in [0, 0.05) is 19.2 Å². The average molecular weight is 299 g/mol. The summed E-state index contributed by atoms with van der Waals surface area (Å²) in [5.41, 5.74) is 6.54. The van der Waals surface area contributed by atoms with Gasteiger partial charge in [0.05, 0.1) is 26.4 Å². The first-order valence-electron chi connectivity index (χ1n) is 7.05. The highest BCUT2D eigenvalue weighted by Gasteiger charge is 2.13. The molecule has 0 spiro atoms. The van der Waals surface area contributed by atoms with Crippen molar-refractivity contribution in [1.82, 2.24) is 0 Å². The van der Waals surface area contributed by atoms with E-state index in [2.05, 4.69) is 0 Å². The molecule has 3 N–H and O–H groups in total. The van der Waals surface area contributed by atoms with Crippen LogP contribution in [0.3, 0.4) is 0 Å². The maximum Gasteiger partial charge on any atom is 0.165 e. The Balaban J connectivity index is 2.52. The third kappa shape index (κ3) is 6.31. The molecule has 6 heteroatoms. The van der Waals surface area contributed by atoms with Gasteiger partial charge in [-0.1, -0.05) is 12.1 Å². The summed E-state index contributed by atoms with van der Waals surface area (Å²) < 4.78 is 21.3. The van der Waals surface area contributed by atoms with E-state index in [1.165, 1.54) is 0 Å². The van der Waals surface area contributed by atoms with Crippen LogP contribution in [0, 0.1) is 0 Å². The quantitative estimate of drug-likeness (QED) is 0.592. The second-order valence-corrected chi connectivity index (χ2v) is 4.41. The molecule has 21 heavy (non-hydrogen) atoms. The van der Waals surface area contributed by atoms with Gasteiger partial charge in [-0.15, -0.1) is 0 Å². The van der Waals surface area contributed by atoms with E-state index in [0.717, 1.165) is 5.56 Å². The minimum Gasteiger partial charge on any atom is -0.490 e. The van der Waals surface area contributed by atoms with Crippen LogP contribution in [0.25, 0.3) is 0 Å². The number of nitrogens with two attached hydrogens (primary N) is 1. The Labute approximate surface area is 125 Å². The fourth-order valence-corrected chi connectivity index (χ4v) is 1.74. The zero-order chi connectivity index (χ0) is 15.5. The molecule has 0 aliphatic heterocycles. The Morgan fingerprint density at radius 2 is 2.00 bits per heavy atom. The summed E-state index contributed by atoms with van der Waals surface area (Å²) in [6.45, 7) is 4.03. The van der Waals surface area contributed by atoms with Crippen molar-refractivity contribution in [3.63, 3.8) is 0 Å². The Kier molecular flexibility index (Phi) is 8.77. The van der Waals surface area contributed by atoms with Crippen LogP contribution in [0.1, 0.15) is 12.5 Å². The molecule has 1 unspecified atom stereocenters. The molecule has 0 radical (unpaired) electrons. The number of hydrogen-bond acceptors (Lipinski definition) is 6. The normalized spacial score (nSPS) is 12.2. The molecule has 0 heterocycles. The Hall–Kier alpha value is -1.34. The van der Waals surface area contributed by atoms with Gasteiger partial charge in [-0.05, 0) is 13.0 Å². The van der Waals surface area contributed by atoms with Gasteiger partial charge in [0.25, 0.3) is 0 Å². The summed E-state index contributed by atoms with van der Waals surface area (Å²) in [4.78, 5) is 0. The van der Waals surface area contributed by atoms with E-state index in [-0.39, 0.29) is 13.2 Å². The second-order valence-electron chi connectivity index (χ2n) is 4.41. The molecule has 6 nitrogen and oxygen atoms in total. The number of para-hydroxylation sites is 1. The molecule has 1 aromatic rings. The van der Waals surface area contributed by atoms with Gasteiger partial charge in [-0.25, -0.2) is 0 Å². The second kappa shape index (κ2) is 10.4. The summed E-state index contributed by atoms with van der Waals surface area (Å²) >= 11 is 0.